The minimum atomic E-state index is -0.288. The van der Waals surface area contributed by atoms with E-state index in [-0.39, 0.29) is 17.5 Å². The molecule has 0 atom stereocenters. The van der Waals surface area contributed by atoms with Crippen LogP contribution >= 0.6 is 15.9 Å². The van der Waals surface area contributed by atoms with Gasteiger partial charge in [-0.25, -0.2) is 0 Å². The first kappa shape index (κ1) is 17.2. The topological polar surface area (TPSA) is 76.0 Å². The highest BCUT2D eigenvalue weighted by molar-refractivity contribution is 9.10. The highest BCUT2D eigenvalue weighted by Crippen LogP contribution is 2.17. The van der Waals surface area contributed by atoms with Gasteiger partial charge in [-0.3, -0.25) is 14.3 Å². The summed E-state index contributed by atoms with van der Waals surface area (Å²) in [7, 11) is 0. The largest absolute Gasteiger partial charge is 0.351 e. The maximum absolute atomic E-state index is 12.4. The summed E-state index contributed by atoms with van der Waals surface area (Å²) in [6.45, 7) is 5.07. The number of aryl methyl sites for hydroxylation is 1. The van der Waals surface area contributed by atoms with Gasteiger partial charge >= 0.3 is 0 Å². The SMILES string of the molecule is CCCNC(=O)c1nn(CC)cc1NC(=O)c1cccc(Br)c1. The number of anilines is 1. The molecule has 2 amide bonds. The third kappa shape index (κ3) is 4.41. The molecule has 1 aromatic carbocycles. The number of nitrogens with one attached hydrogen (secondary N) is 2. The lowest BCUT2D eigenvalue weighted by Gasteiger charge is -2.06. The molecule has 6 nitrogen and oxygen atoms in total. The van der Waals surface area contributed by atoms with Crippen molar-refractivity contribution in [3.8, 4) is 0 Å². The quantitative estimate of drug-likeness (QED) is 0.810. The van der Waals surface area contributed by atoms with Crippen LogP contribution in [0.2, 0.25) is 0 Å². The Hall–Kier alpha value is -2.15. The Bertz CT molecular complexity index is 712. The highest BCUT2D eigenvalue weighted by Gasteiger charge is 2.18. The van der Waals surface area contributed by atoms with E-state index in [1.165, 1.54) is 0 Å². The zero-order valence-corrected chi connectivity index (χ0v) is 14.7. The van der Waals surface area contributed by atoms with Crippen molar-refractivity contribution < 1.29 is 9.59 Å². The van der Waals surface area contributed by atoms with Crippen LogP contribution in [0.1, 0.15) is 41.1 Å². The summed E-state index contributed by atoms with van der Waals surface area (Å²) in [6, 6.07) is 7.05. The molecule has 0 aliphatic heterocycles. The fraction of sp³-hybridized carbons (Fsp3) is 0.312. The van der Waals surface area contributed by atoms with Gasteiger partial charge < -0.3 is 10.6 Å². The molecule has 2 N–H and O–H groups in total. The zero-order valence-electron chi connectivity index (χ0n) is 13.1. The van der Waals surface area contributed by atoms with Gasteiger partial charge in [0.15, 0.2) is 5.69 Å². The van der Waals surface area contributed by atoms with Gasteiger partial charge in [-0.1, -0.05) is 28.9 Å². The third-order valence-electron chi connectivity index (χ3n) is 3.17. The maximum atomic E-state index is 12.4. The van der Waals surface area contributed by atoms with Crippen molar-refractivity contribution in [3.05, 3.63) is 46.2 Å². The van der Waals surface area contributed by atoms with Crippen LogP contribution in [0.25, 0.3) is 0 Å². The molecule has 1 heterocycles. The summed E-state index contributed by atoms with van der Waals surface area (Å²) in [5.41, 5.74) is 1.14. The average molecular weight is 379 g/mol. The number of hydrogen-bond donors (Lipinski definition) is 2. The lowest BCUT2D eigenvalue weighted by molar-refractivity contribution is 0.0948. The molecule has 23 heavy (non-hydrogen) atoms. The molecule has 0 fully saturated rings. The van der Waals surface area contributed by atoms with E-state index in [4.69, 9.17) is 0 Å². The summed E-state index contributed by atoms with van der Waals surface area (Å²) in [5, 5.41) is 9.76. The first-order chi connectivity index (χ1) is 11.0. The summed E-state index contributed by atoms with van der Waals surface area (Å²) in [5.74, 6) is -0.574. The van der Waals surface area contributed by atoms with E-state index in [1.807, 2.05) is 19.9 Å². The number of rotatable bonds is 6. The Morgan fingerprint density at radius 1 is 1.26 bits per heavy atom. The molecular formula is C16H19BrN4O2. The number of halogens is 1. The molecule has 0 unspecified atom stereocenters. The lowest BCUT2D eigenvalue weighted by atomic mass is 10.2. The van der Waals surface area contributed by atoms with Crippen molar-refractivity contribution in [3.63, 3.8) is 0 Å². The van der Waals surface area contributed by atoms with Crippen LogP contribution in [0.5, 0.6) is 0 Å². The van der Waals surface area contributed by atoms with E-state index < -0.39 is 0 Å². The van der Waals surface area contributed by atoms with Crippen LogP contribution in [0.15, 0.2) is 34.9 Å². The number of carbonyl (C=O) groups excluding carboxylic acids is 2. The van der Waals surface area contributed by atoms with E-state index in [0.29, 0.717) is 24.3 Å². The van der Waals surface area contributed by atoms with Crippen molar-refractivity contribution in [2.24, 2.45) is 0 Å². The second-order valence-electron chi connectivity index (χ2n) is 4.97. The predicted molar refractivity (Wildman–Crippen MR) is 92.6 cm³/mol. The number of aromatic nitrogens is 2. The Kier molecular flexibility index (Phi) is 5.92. The smallest absolute Gasteiger partial charge is 0.273 e. The molecule has 0 saturated carbocycles. The van der Waals surface area contributed by atoms with E-state index in [0.717, 1.165) is 10.9 Å². The standard InChI is InChI=1S/C16H19BrN4O2/c1-3-8-18-16(23)14-13(10-21(4-2)20-14)19-15(22)11-6-5-7-12(17)9-11/h5-7,9-10H,3-4,8H2,1-2H3,(H,18,23)(H,19,22). The van der Waals surface area contributed by atoms with Gasteiger partial charge in [-0.15, -0.1) is 0 Å². The van der Waals surface area contributed by atoms with E-state index in [9.17, 15) is 9.59 Å². The second-order valence-corrected chi connectivity index (χ2v) is 5.88. The molecule has 1 aromatic heterocycles. The minimum absolute atomic E-state index is 0.226. The van der Waals surface area contributed by atoms with Crippen LogP contribution in [-0.2, 0) is 6.54 Å². The first-order valence-corrected chi connectivity index (χ1v) is 8.27. The molecule has 0 aliphatic carbocycles. The Morgan fingerprint density at radius 3 is 2.70 bits per heavy atom. The van der Waals surface area contributed by atoms with Crippen molar-refractivity contribution in [2.75, 3.05) is 11.9 Å². The van der Waals surface area contributed by atoms with E-state index in [2.05, 4.69) is 31.7 Å². The van der Waals surface area contributed by atoms with Gasteiger partial charge in [-0.2, -0.15) is 5.10 Å². The molecular weight excluding hydrogens is 360 g/mol. The fourth-order valence-electron chi connectivity index (χ4n) is 1.99. The Balaban J connectivity index is 2.22. The summed E-state index contributed by atoms with van der Waals surface area (Å²) in [4.78, 5) is 24.5. The molecule has 7 heteroatoms. The molecule has 0 spiro atoms. The fourth-order valence-corrected chi connectivity index (χ4v) is 2.39. The summed E-state index contributed by atoms with van der Waals surface area (Å²) in [6.07, 6.45) is 2.50. The lowest BCUT2D eigenvalue weighted by Crippen LogP contribution is -2.26. The minimum Gasteiger partial charge on any atom is -0.351 e. The predicted octanol–water partition coefficient (Wildman–Crippen LogP) is 3.06. The Morgan fingerprint density at radius 2 is 2.04 bits per heavy atom. The Labute approximate surface area is 143 Å². The number of hydrogen-bond acceptors (Lipinski definition) is 3. The molecule has 0 aliphatic rings. The molecule has 0 saturated heterocycles. The van der Waals surface area contributed by atoms with Crippen LogP contribution in [0, 0.1) is 0 Å². The van der Waals surface area contributed by atoms with Gasteiger partial charge in [0.05, 0.1) is 5.69 Å². The van der Waals surface area contributed by atoms with Gasteiger partial charge in [-0.05, 0) is 31.5 Å². The molecule has 2 aromatic rings. The van der Waals surface area contributed by atoms with Gasteiger partial charge in [0.1, 0.15) is 0 Å². The maximum Gasteiger partial charge on any atom is 0.273 e. The van der Waals surface area contributed by atoms with Crippen LogP contribution < -0.4 is 10.6 Å². The van der Waals surface area contributed by atoms with Crippen molar-refractivity contribution in [1.82, 2.24) is 15.1 Å². The second kappa shape index (κ2) is 7.92. The normalized spacial score (nSPS) is 10.4. The van der Waals surface area contributed by atoms with E-state index >= 15 is 0 Å². The van der Waals surface area contributed by atoms with Gasteiger partial charge in [0.25, 0.3) is 11.8 Å². The number of amides is 2. The molecule has 0 radical (unpaired) electrons. The zero-order chi connectivity index (χ0) is 16.8. The van der Waals surface area contributed by atoms with Crippen molar-refractivity contribution in [2.45, 2.75) is 26.8 Å². The monoisotopic (exact) mass is 378 g/mol. The van der Waals surface area contributed by atoms with E-state index in [1.54, 1.807) is 29.1 Å². The highest BCUT2D eigenvalue weighted by atomic mass is 79.9. The average Bonchev–Trinajstić information content (AvgIpc) is 2.95. The van der Waals surface area contributed by atoms with Crippen LogP contribution in [0.3, 0.4) is 0 Å². The van der Waals surface area contributed by atoms with Gasteiger partial charge in [0, 0.05) is 29.3 Å². The van der Waals surface area contributed by atoms with Crippen LogP contribution in [-0.4, -0.2) is 28.1 Å². The molecule has 122 valence electrons. The van der Waals surface area contributed by atoms with Gasteiger partial charge in [0.2, 0.25) is 0 Å². The summed E-state index contributed by atoms with van der Waals surface area (Å²) >= 11 is 3.34. The van der Waals surface area contributed by atoms with Crippen LogP contribution in [0.4, 0.5) is 5.69 Å². The van der Waals surface area contributed by atoms with Crippen molar-refractivity contribution in [1.29, 1.82) is 0 Å². The number of benzene rings is 1. The first-order valence-electron chi connectivity index (χ1n) is 7.47. The molecule has 2 rings (SSSR count). The number of carbonyl (C=O) groups is 2. The molecule has 0 bridgehead atoms. The third-order valence-corrected chi connectivity index (χ3v) is 3.66. The van der Waals surface area contributed by atoms with Crippen molar-refractivity contribution >= 4 is 33.4 Å². The number of nitrogens with zero attached hydrogens (tertiary/aromatic N) is 2. The summed E-state index contributed by atoms with van der Waals surface area (Å²) < 4.78 is 2.44.